The van der Waals surface area contributed by atoms with Crippen molar-refractivity contribution in [3.8, 4) is 0 Å². The van der Waals surface area contributed by atoms with Gasteiger partial charge in [-0.05, 0) is 29.5 Å². The maximum Gasteiger partial charge on any atom is 0.146 e. The second-order valence-corrected chi connectivity index (χ2v) is 5.69. The fourth-order valence-corrected chi connectivity index (χ4v) is 1.80. The Morgan fingerprint density at radius 2 is 1.88 bits per heavy atom. The summed E-state index contributed by atoms with van der Waals surface area (Å²) in [5.41, 5.74) is 1.75. The predicted molar refractivity (Wildman–Crippen MR) is 73.3 cm³/mol. The quantitative estimate of drug-likeness (QED) is 0.752. The van der Waals surface area contributed by atoms with Crippen LogP contribution < -0.4 is 4.90 Å². The van der Waals surface area contributed by atoms with Gasteiger partial charge in [0.1, 0.15) is 5.82 Å². The second kappa shape index (κ2) is 5.52. The number of anilines is 1. The Hall–Kier alpha value is -1.05. The van der Waals surface area contributed by atoms with E-state index in [1.807, 2.05) is 24.1 Å². The van der Waals surface area contributed by atoms with Gasteiger partial charge in [0.15, 0.2) is 0 Å². The Morgan fingerprint density at radius 3 is 2.35 bits per heavy atom. The molecule has 0 unspecified atom stereocenters. The summed E-state index contributed by atoms with van der Waals surface area (Å²) in [6.07, 6.45) is 2.23. The maximum absolute atomic E-state index is 14.0. The van der Waals surface area contributed by atoms with E-state index in [1.165, 1.54) is 0 Å². The summed E-state index contributed by atoms with van der Waals surface area (Å²) in [6.45, 7) is 9.35. The van der Waals surface area contributed by atoms with Crippen molar-refractivity contribution >= 4 is 5.69 Å². The minimum absolute atomic E-state index is 0.00135. The van der Waals surface area contributed by atoms with Gasteiger partial charge in [-0.15, -0.1) is 0 Å². The average molecular weight is 237 g/mol. The molecule has 1 aromatic rings. The van der Waals surface area contributed by atoms with Gasteiger partial charge in [0, 0.05) is 13.6 Å². The van der Waals surface area contributed by atoms with Crippen LogP contribution in [0.2, 0.25) is 0 Å². The van der Waals surface area contributed by atoms with Crippen LogP contribution in [0.3, 0.4) is 0 Å². The van der Waals surface area contributed by atoms with Gasteiger partial charge in [0.25, 0.3) is 0 Å². The monoisotopic (exact) mass is 237 g/mol. The molecule has 1 aromatic carbocycles. The number of benzene rings is 1. The topological polar surface area (TPSA) is 3.24 Å². The summed E-state index contributed by atoms with van der Waals surface area (Å²) < 4.78 is 14.0. The molecule has 0 atom stereocenters. The van der Waals surface area contributed by atoms with Crippen molar-refractivity contribution in [1.29, 1.82) is 0 Å². The first-order valence-electron chi connectivity index (χ1n) is 6.37. The largest absolute Gasteiger partial charge is 0.372 e. The van der Waals surface area contributed by atoms with E-state index in [0.29, 0.717) is 5.69 Å². The first-order valence-corrected chi connectivity index (χ1v) is 6.37. The molecule has 1 rings (SSSR count). The molecule has 96 valence electrons. The van der Waals surface area contributed by atoms with Crippen molar-refractivity contribution in [1.82, 2.24) is 0 Å². The van der Waals surface area contributed by atoms with Crippen molar-refractivity contribution < 1.29 is 4.39 Å². The van der Waals surface area contributed by atoms with Crippen molar-refractivity contribution in [2.45, 2.75) is 46.0 Å². The van der Waals surface area contributed by atoms with E-state index in [-0.39, 0.29) is 11.2 Å². The van der Waals surface area contributed by atoms with E-state index in [4.69, 9.17) is 0 Å². The predicted octanol–water partition coefficient (Wildman–Crippen LogP) is 4.36. The lowest BCUT2D eigenvalue weighted by molar-refractivity contribution is 0.570. The number of hydrogen-bond acceptors (Lipinski definition) is 1. The van der Waals surface area contributed by atoms with Gasteiger partial charge < -0.3 is 4.90 Å². The van der Waals surface area contributed by atoms with Crippen LogP contribution in [0.5, 0.6) is 0 Å². The molecule has 0 radical (unpaired) electrons. The zero-order valence-corrected chi connectivity index (χ0v) is 11.7. The fraction of sp³-hybridized carbons (Fsp3) is 0.600. The second-order valence-electron chi connectivity index (χ2n) is 5.69. The van der Waals surface area contributed by atoms with Gasteiger partial charge in [-0.2, -0.15) is 0 Å². The summed E-state index contributed by atoms with van der Waals surface area (Å²) in [5, 5.41) is 0. The van der Waals surface area contributed by atoms with Crippen molar-refractivity contribution in [2.75, 3.05) is 18.5 Å². The third-order valence-electron chi connectivity index (χ3n) is 3.07. The molecule has 0 aliphatic heterocycles. The third-order valence-corrected chi connectivity index (χ3v) is 3.07. The molecule has 0 heterocycles. The standard InChI is InChI=1S/C15H24FN/c1-6-7-10-17(5)14-9-8-12(11-13(14)16)15(2,3)4/h8-9,11H,6-7,10H2,1-5H3. The molecular weight excluding hydrogens is 213 g/mol. The van der Waals surface area contributed by atoms with Crippen LogP contribution in [0.1, 0.15) is 46.1 Å². The Kier molecular flexibility index (Phi) is 4.55. The van der Waals surface area contributed by atoms with E-state index in [0.717, 1.165) is 24.9 Å². The molecule has 0 saturated heterocycles. The van der Waals surface area contributed by atoms with E-state index < -0.39 is 0 Å². The molecule has 0 aromatic heterocycles. The molecule has 0 N–H and O–H groups in total. The minimum atomic E-state index is -0.115. The Balaban J connectivity index is 2.90. The zero-order valence-electron chi connectivity index (χ0n) is 11.7. The highest BCUT2D eigenvalue weighted by atomic mass is 19.1. The van der Waals surface area contributed by atoms with E-state index in [1.54, 1.807) is 6.07 Å². The SMILES string of the molecule is CCCCN(C)c1ccc(C(C)(C)C)cc1F. The van der Waals surface area contributed by atoms with Gasteiger partial charge in [-0.3, -0.25) is 0 Å². The highest BCUT2D eigenvalue weighted by Gasteiger charge is 2.16. The zero-order chi connectivity index (χ0) is 13.1. The Morgan fingerprint density at radius 1 is 1.24 bits per heavy atom. The summed E-state index contributed by atoms with van der Waals surface area (Å²) >= 11 is 0. The number of rotatable bonds is 4. The number of unbranched alkanes of at least 4 members (excludes halogenated alkanes) is 1. The van der Waals surface area contributed by atoms with Crippen LogP contribution in [0.25, 0.3) is 0 Å². The highest BCUT2D eigenvalue weighted by molar-refractivity contribution is 5.49. The van der Waals surface area contributed by atoms with Crippen molar-refractivity contribution in [3.63, 3.8) is 0 Å². The van der Waals surface area contributed by atoms with E-state index >= 15 is 0 Å². The lowest BCUT2D eigenvalue weighted by Gasteiger charge is -2.23. The molecule has 0 spiro atoms. The normalized spacial score (nSPS) is 11.6. The van der Waals surface area contributed by atoms with Crippen LogP contribution in [-0.2, 0) is 5.41 Å². The molecule has 0 aliphatic carbocycles. The summed E-state index contributed by atoms with van der Waals surface area (Å²) in [7, 11) is 1.95. The lowest BCUT2D eigenvalue weighted by atomic mass is 9.87. The fourth-order valence-electron chi connectivity index (χ4n) is 1.80. The number of halogens is 1. The summed E-state index contributed by atoms with van der Waals surface area (Å²) in [4.78, 5) is 1.99. The van der Waals surface area contributed by atoms with Gasteiger partial charge in [-0.25, -0.2) is 4.39 Å². The molecule has 0 aliphatic rings. The van der Waals surface area contributed by atoms with Crippen LogP contribution in [0, 0.1) is 5.82 Å². The summed E-state index contributed by atoms with van der Waals surface area (Å²) in [5.74, 6) is -0.115. The van der Waals surface area contributed by atoms with Gasteiger partial charge in [-0.1, -0.05) is 40.2 Å². The Bertz CT molecular complexity index is 366. The van der Waals surface area contributed by atoms with E-state index in [2.05, 4.69) is 27.7 Å². The van der Waals surface area contributed by atoms with Gasteiger partial charge in [0.2, 0.25) is 0 Å². The molecule has 1 nitrogen and oxygen atoms in total. The molecule has 0 amide bonds. The van der Waals surface area contributed by atoms with Crippen molar-refractivity contribution in [2.24, 2.45) is 0 Å². The number of nitrogens with zero attached hydrogens (tertiary/aromatic N) is 1. The Labute approximate surface area is 105 Å². The highest BCUT2D eigenvalue weighted by Crippen LogP contribution is 2.27. The summed E-state index contributed by atoms with van der Waals surface area (Å²) in [6, 6.07) is 5.59. The maximum atomic E-state index is 14.0. The van der Waals surface area contributed by atoms with E-state index in [9.17, 15) is 4.39 Å². The molecule has 0 fully saturated rings. The molecule has 0 saturated carbocycles. The lowest BCUT2D eigenvalue weighted by Crippen LogP contribution is -2.20. The molecule has 2 heteroatoms. The van der Waals surface area contributed by atoms with Crippen LogP contribution in [0.15, 0.2) is 18.2 Å². The molecular formula is C15H24FN. The third kappa shape index (κ3) is 3.72. The minimum Gasteiger partial charge on any atom is -0.372 e. The smallest absolute Gasteiger partial charge is 0.146 e. The van der Waals surface area contributed by atoms with Crippen LogP contribution in [-0.4, -0.2) is 13.6 Å². The molecule has 0 bridgehead atoms. The first-order chi connectivity index (χ1) is 7.86. The van der Waals surface area contributed by atoms with Gasteiger partial charge >= 0.3 is 0 Å². The average Bonchev–Trinajstić information content (AvgIpc) is 2.24. The van der Waals surface area contributed by atoms with Crippen molar-refractivity contribution in [3.05, 3.63) is 29.6 Å². The number of hydrogen-bond donors (Lipinski definition) is 0. The first kappa shape index (κ1) is 14.0. The van der Waals surface area contributed by atoms with Crippen LogP contribution in [0.4, 0.5) is 10.1 Å². The van der Waals surface area contributed by atoms with Crippen LogP contribution >= 0.6 is 0 Å². The molecule has 17 heavy (non-hydrogen) atoms. The van der Waals surface area contributed by atoms with Gasteiger partial charge in [0.05, 0.1) is 5.69 Å².